The fraction of sp³-hybridized carbons (Fsp3) is 0.533. The number of ether oxygens (including phenoxy) is 1. The lowest BCUT2D eigenvalue weighted by Crippen LogP contribution is -2.31. The van der Waals surface area contributed by atoms with Crippen molar-refractivity contribution in [2.75, 3.05) is 13.2 Å². The van der Waals surface area contributed by atoms with Crippen molar-refractivity contribution in [2.45, 2.75) is 39.7 Å². The SMILES string of the molecule is Cc1cccc(CCN)c1OCCC(=O)NC(C)C. The van der Waals surface area contributed by atoms with Gasteiger partial charge in [-0.05, 0) is 44.9 Å². The fourth-order valence-corrected chi connectivity index (χ4v) is 1.91. The number of rotatable bonds is 7. The second-order valence-corrected chi connectivity index (χ2v) is 4.92. The van der Waals surface area contributed by atoms with Crippen LogP contribution in [-0.4, -0.2) is 25.1 Å². The van der Waals surface area contributed by atoms with Crippen LogP contribution in [0, 0.1) is 6.92 Å². The molecule has 0 radical (unpaired) electrons. The highest BCUT2D eigenvalue weighted by Gasteiger charge is 2.08. The van der Waals surface area contributed by atoms with Gasteiger partial charge in [0.15, 0.2) is 0 Å². The predicted molar refractivity (Wildman–Crippen MR) is 77.3 cm³/mol. The van der Waals surface area contributed by atoms with Crippen LogP contribution in [0.2, 0.25) is 0 Å². The van der Waals surface area contributed by atoms with E-state index in [1.165, 1.54) is 0 Å². The summed E-state index contributed by atoms with van der Waals surface area (Å²) in [6.07, 6.45) is 1.16. The van der Waals surface area contributed by atoms with Crippen LogP contribution in [0.3, 0.4) is 0 Å². The van der Waals surface area contributed by atoms with Gasteiger partial charge in [0.2, 0.25) is 5.91 Å². The highest BCUT2D eigenvalue weighted by Crippen LogP contribution is 2.23. The van der Waals surface area contributed by atoms with Crippen molar-refractivity contribution in [1.29, 1.82) is 0 Å². The van der Waals surface area contributed by atoms with Gasteiger partial charge in [-0.1, -0.05) is 18.2 Å². The molecule has 106 valence electrons. The van der Waals surface area contributed by atoms with Crippen LogP contribution in [0.4, 0.5) is 0 Å². The molecule has 1 aromatic carbocycles. The Morgan fingerprint density at radius 2 is 2.16 bits per heavy atom. The topological polar surface area (TPSA) is 64.3 Å². The molecule has 0 aliphatic heterocycles. The van der Waals surface area contributed by atoms with Gasteiger partial charge < -0.3 is 15.8 Å². The molecular weight excluding hydrogens is 240 g/mol. The van der Waals surface area contributed by atoms with Crippen molar-refractivity contribution in [3.63, 3.8) is 0 Å². The maximum Gasteiger partial charge on any atom is 0.223 e. The Bertz CT molecular complexity index is 417. The second kappa shape index (κ2) is 7.79. The summed E-state index contributed by atoms with van der Waals surface area (Å²) in [4.78, 5) is 11.5. The van der Waals surface area contributed by atoms with Crippen molar-refractivity contribution in [1.82, 2.24) is 5.32 Å². The van der Waals surface area contributed by atoms with E-state index in [2.05, 4.69) is 5.32 Å². The number of carbonyl (C=O) groups excluding carboxylic acids is 1. The van der Waals surface area contributed by atoms with Gasteiger partial charge in [0.1, 0.15) is 5.75 Å². The van der Waals surface area contributed by atoms with Gasteiger partial charge in [-0.15, -0.1) is 0 Å². The van der Waals surface area contributed by atoms with Crippen LogP contribution < -0.4 is 15.8 Å². The molecule has 3 N–H and O–H groups in total. The van der Waals surface area contributed by atoms with Gasteiger partial charge in [-0.2, -0.15) is 0 Å². The fourth-order valence-electron chi connectivity index (χ4n) is 1.91. The van der Waals surface area contributed by atoms with Crippen molar-refractivity contribution in [2.24, 2.45) is 5.73 Å². The standard InChI is InChI=1S/C15H24N2O2/c1-11(2)17-14(18)8-10-19-15-12(3)5-4-6-13(15)7-9-16/h4-6,11H,7-10,16H2,1-3H3,(H,17,18). The van der Waals surface area contributed by atoms with E-state index < -0.39 is 0 Å². The summed E-state index contributed by atoms with van der Waals surface area (Å²) in [6.45, 7) is 6.87. The van der Waals surface area contributed by atoms with Crippen LogP contribution in [-0.2, 0) is 11.2 Å². The van der Waals surface area contributed by atoms with E-state index in [0.717, 1.165) is 23.3 Å². The van der Waals surface area contributed by atoms with Gasteiger partial charge >= 0.3 is 0 Å². The van der Waals surface area contributed by atoms with Crippen LogP contribution >= 0.6 is 0 Å². The molecule has 19 heavy (non-hydrogen) atoms. The van der Waals surface area contributed by atoms with Crippen LogP contribution in [0.15, 0.2) is 18.2 Å². The Kier molecular flexibility index (Phi) is 6.36. The monoisotopic (exact) mass is 264 g/mol. The molecule has 4 nitrogen and oxygen atoms in total. The molecule has 1 aromatic rings. The van der Waals surface area contributed by atoms with E-state index >= 15 is 0 Å². The Hall–Kier alpha value is -1.55. The Balaban J connectivity index is 2.55. The van der Waals surface area contributed by atoms with Gasteiger partial charge in [0, 0.05) is 6.04 Å². The van der Waals surface area contributed by atoms with E-state index in [4.69, 9.17) is 10.5 Å². The van der Waals surface area contributed by atoms with Crippen molar-refractivity contribution in [3.8, 4) is 5.75 Å². The number of aryl methyl sites for hydroxylation is 1. The second-order valence-electron chi connectivity index (χ2n) is 4.92. The first kappa shape index (κ1) is 15.5. The minimum atomic E-state index is 0.0176. The van der Waals surface area contributed by atoms with Crippen LogP contribution in [0.1, 0.15) is 31.4 Å². The Labute approximate surface area is 115 Å². The normalized spacial score (nSPS) is 10.6. The van der Waals surface area contributed by atoms with Crippen molar-refractivity contribution in [3.05, 3.63) is 29.3 Å². The molecular formula is C15H24N2O2. The lowest BCUT2D eigenvalue weighted by molar-refractivity contribution is -0.122. The molecule has 0 saturated heterocycles. The number of benzene rings is 1. The zero-order chi connectivity index (χ0) is 14.3. The smallest absolute Gasteiger partial charge is 0.223 e. The third-order valence-electron chi connectivity index (χ3n) is 2.73. The lowest BCUT2D eigenvalue weighted by atomic mass is 10.1. The number of hydrogen-bond donors (Lipinski definition) is 2. The maximum atomic E-state index is 11.5. The van der Waals surface area contributed by atoms with E-state index in [-0.39, 0.29) is 11.9 Å². The molecule has 4 heteroatoms. The minimum Gasteiger partial charge on any atom is -0.492 e. The van der Waals surface area contributed by atoms with Gasteiger partial charge in [-0.3, -0.25) is 4.79 Å². The highest BCUT2D eigenvalue weighted by molar-refractivity contribution is 5.76. The first-order valence-corrected chi connectivity index (χ1v) is 6.75. The number of amides is 1. The van der Waals surface area contributed by atoms with Crippen LogP contribution in [0.5, 0.6) is 5.75 Å². The molecule has 0 aromatic heterocycles. The van der Waals surface area contributed by atoms with E-state index in [1.807, 2.05) is 39.0 Å². The molecule has 0 atom stereocenters. The summed E-state index contributed by atoms with van der Waals surface area (Å²) in [5.74, 6) is 0.884. The molecule has 0 fully saturated rings. The lowest BCUT2D eigenvalue weighted by Gasteiger charge is -2.14. The van der Waals surface area contributed by atoms with Crippen molar-refractivity contribution < 1.29 is 9.53 Å². The van der Waals surface area contributed by atoms with Gasteiger partial charge in [-0.25, -0.2) is 0 Å². The predicted octanol–water partition coefficient (Wildman–Crippen LogP) is 1.79. The summed E-state index contributed by atoms with van der Waals surface area (Å²) in [7, 11) is 0. The average Bonchev–Trinajstić information content (AvgIpc) is 2.32. The number of nitrogens with two attached hydrogens (primary N) is 1. The summed E-state index contributed by atoms with van der Waals surface area (Å²) in [6, 6.07) is 6.18. The third kappa shape index (κ3) is 5.30. The van der Waals surface area contributed by atoms with Crippen molar-refractivity contribution >= 4 is 5.91 Å². The molecule has 0 aliphatic rings. The summed E-state index contributed by atoms with van der Waals surface area (Å²) in [5, 5.41) is 2.84. The summed E-state index contributed by atoms with van der Waals surface area (Å²) < 4.78 is 5.76. The Morgan fingerprint density at radius 3 is 2.79 bits per heavy atom. The number of para-hydroxylation sites is 1. The largest absolute Gasteiger partial charge is 0.492 e. The zero-order valence-electron chi connectivity index (χ0n) is 12.0. The number of hydrogen-bond acceptors (Lipinski definition) is 3. The Morgan fingerprint density at radius 1 is 1.42 bits per heavy atom. The molecule has 1 amide bonds. The molecule has 0 bridgehead atoms. The molecule has 0 spiro atoms. The first-order valence-electron chi connectivity index (χ1n) is 6.75. The van der Waals surface area contributed by atoms with Gasteiger partial charge in [0.05, 0.1) is 13.0 Å². The maximum absolute atomic E-state index is 11.5. The summed E-state index contributed by atoms with van der Waals surface area (Å²) in [5.41, 5.74) is 7.77. The molecule has 0 heterocycles. The third-order valence-corrected chi connectivity index (χ3v) is 2.73. The molecule has 0 unspecified atom stereocenters. The van der Waals surface area contributed by atoms with E-state index in [0.29, 0.717) is 19.6 Å². The minimum absolute atomic E-state index is 0.0176. The van der Waals surface area contributed by atoms with Gasteiger partial charge in [0.25, 0.3) is 0 Å². The molecule has 0 aliphatic carbocycles. The highest BCUT2D eigenvalue weighted by atomic mass is 16.5. The van der Waals surface area contributed by atoms with Crippen LogP contribution in [0.25, 0.3) is 0 Å². The molecule has 0 saturated carbocycles. The zero-order valence-corrected chi connectivity index (χ0v) is 12.0. The number of carbonyl (C=O) groups is 1. The number of nitrogens with one attached hydrogen (secondary N) is 1. The average molecular weight is 264 g/mol. The van der Waals surface area contributed by atoms with E-state index in [1.54, 1.807) is 0 Å². The van der Waals surface area contributed by atoms with E-state index in [9.17, 15) is 4.79 Å². The summed E-state index contributed by atoms with van der Waals surface area (Å²) >= 11 is 0. The quantitative estimate of drug-likeness (QED) is 0.789. The first-order chi connectivity index (χ1) is 9.04. The molecule has 1 rings (SSSR count).